The smallest absolute Gasteiger partial charge is 0.313 e. The highest BCUT2D eigenvalue weighted by molar-refractivity contribution is 5.98. The largest absolute Gasteiger partial charge is 0.461 e. The molecule has 4 rings (SSSR count). The Morgan fingerprint density at radius 2 is 1.95 bits per heavy atom. The summed E-state index contributed by atoms with van der Waals surface area (Å²) in [6, 6.07) is 8.05. The van der Waals surface area contributed by atoms with Gasteiger partial charge >= 0.3 is 5.97 Å². The number of hydrogen-bond donors (Lipinski definition) is 1. The van der Waals surface area contributed by atoms with Crippen LogP contribution in [0.3, 0.4) is 0 Å². The van der Waals surface area contributed by atoms with E-state index in [1.165, 1.54) is 11.0 Å². The lowest BCUT2D eigenvalue weighted by molar-refractivity contribution is -0.163. The zero-order valence-corrected chi connectivity index (χ0v) is 22.7. The maximum Gasteiger partial charge on any atom is 0.313 e. The van der Waals surface area contributed by atoms with Crippen LogP contribution in [0.4, 0.5) is 0 Å². The van der Waals surface area contributed by atoms with Gasteiger partial charge in [-0.15, -0.1) is 6.58 Å². The van der Waals surface area contributed by atoms with Crippen molar-refractivity contribution >= 4 is 17.8 Å². The third-order valence-electron chi connectivity index (χ3n) is 8.64. The number of likely N-dealkylation sites (tertiary alicyclic amines) is 1. The Bertz CT molecular complexity index is 1070. The molecule has 1 aromatic rings. The van der Waals surface area contributed by atoms with Gasteiger partial charge in [0.1, 0.15) is 24.2 Å². The van der Waals surface area contributed by atoms with E-state index in [-0.39, 0.29) is 37.5 Å². The maximum atomic E-state index is 14.5. The number of hydrogen-bond acceptors (Lipinski definition) is 6. The highest BCUT2D eigenvalue weighted by atomic mass is 16.6. The van der Waals surface area contributed by atoms with E-state index in [2.05, 4.69) is 13.2 Å². The normalized spacial score (nSPS) is 30.3. The summed E-state index contributed by atoms with van der Waals surface area (Å²) in [7, 11) is 0. The van der Waals surface area contributed by atoms with Crippen LogP contribution in [0.15, 0.2) is 55.6 Å². The summed E-state index contributed by atoms with van der Waals surface area (Å²) in [6.45, 7) is 13.6. The monoisotopic (exact) mass is 524 g/mol. The molecule has 206 valence electrons. The van der Waals surface area contributed by atoms with Gasteiger partial charge in [0, 0.05) is 13.1 Å². The lowest BCUT2D eigenvalue weighted by Crippen LogP contribution is -2.59. The number of rotatable bonds is 12. The van der Waals surface area contributed by atoms with Crippen molar-refractivity contribution in [1.29, 1.82) is 0 Å². The van der Waals surface area contributed by atoms with Crippen LogP contribution in [-0.2, 0) is 30.4 Å². The van der Waals surface area contributed by atoms with E-state index < -0.39 is 41.1 Å². The molecule has 6 atom stereocenters. The SMILES string of the molecule is C=CCOC(=O)[C@@H]1[C@H]2C(=O)N([C@@H](CO)C(C)C)C(C(=O)N(CC=C)Cc3ccccc3)C23CC[C@@]1(CC)O3. The van der Waals surface area contributed by atoms with Gasteiger partial charge in [-0.3, -0.25) is 14.4 Å². The molecule has 3 fully saturated rings. The van der Waals surface area contributed by atoms with Crippen LogP contribution in [0.1, 0.15) is 45.6 Å². The van der Waals surface area contributed by atoms with Gasteiger partial charge in [0.25, 0.3) is 0 Å². The number of fused-ring (bicyclic) bond motifs is 1. The van der Waals surface area contributed by atoms with Gasteiger partial charge < -0.3 is 24.4 Å². The highest BCUT2D eigenvalue weighted by Crippen LogP contribution is 2.65. The predicted octanol–water partition coefficient (Wildman–Crippen LogP) is 3.10. The van der Waals surface area contributed by atoms with E-state index in [1.807, 2.05) is 51.1 Å². The quantitative estimate of drug-likeness (QED) is 0.334. The number of esters is 1. The van der Waals surface area contributed by atoms with Crippen molar-refractivity contribution in [3.63, 3.8) is 0 Å². The van der Waals surface area contributed by atoms with Crippen molar-refractivity contribution in [2.45, 2.75) is 69.9 Å². The second-order valence-electron chi connectivity index (χ2n) is 11.0. The van der Waals surface area contributed by atoms with Crippen molar-refractivity contribution < 1.29 is 29.0 Å². The minimum absolute atomic E-state index is 0.0323. The van der Waals surface area contributed by atoms with Crippen molar-refractivity contribution in [2.24, 2.45) is 17.8 Å². The molecule has 8 nitrogen and oxygen atoms in total. The van der Waals surface area contributed by atoms with E-state index in [9.17, 15) is 19.5 Å². The first-order valence-electron chi connectivity index (χ1n) is 13.6. The van der Waals surface area contributed by atoms with E-state index >= 15 is 0 Å². The van der Waals surface area contributed by atoms with Crippen molar-refractivity contribution in [1.82, 2.24) is 9.80 Å². The van der Waals surface area contributed by atoms with Crippen LogP contribution < -0.4 is 0 Å². The van der Waals surface area contributed by atoms with E-state index in [0.717, 1.165) is 5.56 Å². The van der Waals surface area contributed by atoms with Crippen molar-refractivity contribution in [3.8, 4) is 0 Å². The van der Waals surface area contributed by atoms with Crippen LogP contribution in [-0.4, -0.2) is 75.7 Å². The minimum atomic E-state index is -1.18. The van der Waals surface area contributed by atoms with Gasteiger partial charge in [0.2, 0.25) is 11.8 Å². The van der Waals surface area contributed by atoms with Gasteiger partial charge in [0.05, 0.1) is 24.2 Å². The topological polar surface area (TPSA) is 96.4 Å². The van der Waals surface area contributed by atoms with Gasteiger partial charge in [-0.25, -0.2) is 0 Å². The molecule has 2 bridgehead atoms. The fraction of sp³-hybridized carbons (Fsp3) is 0.567. The van der Waals surface area contributed by atoms with Crippen LogP contribution in [0, 0.1) is 17.8 Å². The third kappa shape index (κ3) is 4.37. The Hall–Kier alpha value is -2.97. The molecule has 0 aliphatic carbocycles. The molecule has 3 saturated heterocycles. The summed E-state index contributed by atoms with van der Waals surface area (Å²) in [5.41, 5.74) is -1.11. The molecular formula is C30H40N2O6. The number of ether oxygens (including phenoxy) is 2. The number of carbonyl (C=O) groups excluding carboxylic acids is 3. The maximum absolute atomic E-state index is 14.5. The van der Waals surface area contributed by atoms with Crippen molar-refractivity contribution in [3.05, 3.63) is 61.2 Å². The number of carbonyl (C=O) groups is 3. The Kier molecular flexibility index (Phi) is 8.14. The zero-order valence-electron chi connectivity index (χ0n) is 22.7. The lowest BCUT2D eigenvalue weighted by atomic mass is 9.65. The summed E-state index contributed by atoms with van der Waals surface area (Å²) < 4.78 is 12.2. The molecule has 1 aromatic carbocycles. The molecule has 1 spiro atoms. The van der Waals surface area contributed by atoms with Gasteiger partial charge in [-0.2, -0.15) is 0 Å². The summed E-state index contributed by atoms with van der Waals surface area (Å²) in [6.07, 6.45) is 4.69. The molecule has 38 heavy (non-hydrogen) atoms. The van der Waals surface area contributed by atoms with Crippen LogP contribution in [0.2, 0.25) is 0 Å². The van der Waals surface area contributed by atoms with Crippen molar-refractivity contribution in [2.75, 3.05) is 19.8 Å². The van der Waals surface area contributed by atoms with Crippen LogP contribution >= 0.6 is 0 Å². The predicted molar refractivity (Wildman–Crippen MR) is 143 cm³/mol. The lowest BCUT2D eigenvalue weighted by Gasteiger charge is -2.40. The molecule has 3 aliphatic rings. The third-order valence-corrected chi connectivity index (χ3v) is 8.64. The molecule has 2 unspecified atom stereocenters. The highest BCUT2D eigenvalue weighted by Gasteiger charge is 2.79. The number of aliphatic hydroxyl groups excluding tert-OH is 1. The number of benzene rings is 1. The minimum Gasteiger partial charge on any atom is -0.461 e. The summed E-state index contributed by atoms with van der Waals surface area (Å²) in [5.74, 6) is -2.92. The standard InChI is InChI=1S/C30H40N2O6/c1-6-16-31(18-21-12-10-9-11-13-21)27(35)25-30-15-14-29(8-3,38-30)24(28(36)37-17-7-2)23(30)26(34)32(25)22(19-33)20(4)5/h6-7,9-13,20,22-25,33H,1-2,8,14-19H2,3-5H3/t22-,23-,24-,25?,29+,30?/m0/s1. The molecule has 1 N–H and O–H groups in total. The molecule has 2 amide bonds. The molecule has 8 heteroatoms. The number of amides is 2. The second-order valence-corrected chi connectivity index (χ2v) is 11.0. The van der Waals surface area contributed by atoms with Gasteiger partial charge in [0.15, 0.2) is 0 Å². The second kappa shape index (κ2) is 11.0. The Morgan fingerprint density at radius 3 is 2.53 bits per heavy atom. The fourth-order valence-electron chi connectivity index (χ4n) is 6.87. The molecule has 0 saturated carbocycles. The fourth-order valence-corrected chi connectivity index (χ4v) is 6.87. The number of nitrogens with zero attached hydrogens (tertiary/aromatic N) is 2. The Labute approximate surface area is 225 Å². The van der Waals surface area contributed by atoms with Gasteiger partial charge in [-0.05, 0) is 30.7 Å². The first-order chi connectivity index (χ1) is 18.2. The number of aliphatic hydroxyl groups is 1. The van der Waals surface area contributed by atoms with Gasteiger partial charge in [-0.1, -0.05) is 69.8 Å². The van der Waals surface area contributed by atoms with Crippen LogP contribution in [0.5, 0.6) is 0 Å². The summed E-state index contributed by atoms with van der Waals surface area (Å²) in [5, 5.41) is 10.4. The molecule has 0 radical (unpaired) electrons. The Balaban J connectivity index is 1.82. The van der Waals surface area contributed by atoms with E-state index in [4.69, 9.17) is 9.47 Å². The molecule has 3 heterocycles. The van der Waals surface area contributed by atoms with E-state index in [0.29, 0.717) is 25.8 Å². The Morgan fingerprint density at radius 1 is 1.24 bits per heavy atom. The van der Waals surface area contributed by atoms with E-state index in [1.54, 1.807) is 11.0 Å². The molecular weight excluding hydrogens is 484 g/mol. The average molecular weight is 525 g/mol. The first-order valence-corrected chi connectivity index (χ1v) is 13.6. The summed E-state index contributed by atoms with van der Waals surface area (Å²) in [4.78, 5) is 45.4. The first kappa shape index (κ1) is 28.0. The average Bonchev–Trinajstić information content (AvgIpc) is 3.51. The molecule has 3 aliphatic heterocycles. The summed E-state index contributed by atoms with van der Waals surface area (Å²) >= 11 is 0. The molecule has 0 aromatic heterocycles. The zero-order chi connectivity index (χ0) is 27.7. The van der Waals surface area contributed by atoms with Crippen LogP contribution in [0.25, 0.3) is 0 Å².